The first-order chi connectivity index (χ1) is 11.5. The normalized spacial score (nSPS) is 11.6. The lowest BCUT2D eigenvalue weighted by molar-refractivity contribution is -0.191. The maximum Gasteiger partial charge on any atom is 0.373 e. The Balaban J connectivity index is 0.000000970. The van der Waals surface area contributed by atoms with E-state index in [9.17, 15) is 9.90 Å². The Labute approximate surface area is 146 Å². The van der Waals surface area contributed by atoms with E-state index in [1.54, 1.807) is 6.92 Å². The van der Waals surface area contributed by atoms with E-state index in [0.717, 1.165) is 16.7 Å². The van der Waals surface area contributed by atoms with Gasteiger partial charge in [-0.3, -0.25) is 4.79 Å². The molecular weight excluding hydrogens is 320 g/mol. The van der Waals surface area contributed by atoms with Crippen molar-refractivity contribution in [1.82, 2.24) is 0 Å². The lowest BCUT2D eigenvalue weighted by atomic mass is 9.80. The van der Waals surface area contributed by atoms with Crippen LogP contribution in [0.25, 0.3) is 11.0 Å². The van der Waals surface area contributed by atoms with E-state index in [1.807, 2.05) is 19.9 Å². The summed E-state index contributed by atoms with van der Waals surface area (Å²) in [5.41, 5.74) is 3.75. The molecule has 0 aliphatic heterocycles. The van der Waals surface area contributed by atoms with Crippen molar-refractivity contribution >= 4 is 17.1 Å². The zero-order valence-electron chi connectivity index (χ0n) is 15.3. The minimum atomic E-state index is -0.781. The van der Waals surface area contributed by atoms with Gasteiger partial charge in [0.2, 0.25) is 5.43 Å². The molecule has 1 unspecified atom stereocenters. The molecule has 2 rings (SSSR count). The third-order valence-electron chi connectivity index (χ3n) is 3.75. The largest absolute Gasteiger partial charge is 0.463 e. The fraction of sp³-hybridized carbons (Fsp3) is 0.400. The molecule has 0 amide bonds. The molecule has 1 atom stereocenters. The predicted molar refractivity (Wildman–Crippen MR) is 94.2 cm³/mol. The number of rotatable bonds is 0. The fourth-order valence-electron chi connectivity index (χ4n) is 2.72. The van der Waals surface area contributed by atoms with E-state index in [-0.39, 0.29) is 22.6 Å². The summed E-state index contributed by atoms with van der Waals surface area (Å²) < 4.78 is 5.64. The Morgan fingerprint density at radius 3 is 2.24 bits per heavy atom. The second kappa shape index (κ2) is 7.94. The van der Waals surface area contributed by atoms with Gasteiger partial charge >= 0.3 is 6.15 Å². The molecule has 0 radical (unpaired) electrons. The summed E-state index contributed by atoms with van der Waals surface area (Å²) in [6.45, 7) is 11.9. The highest BCUT2D eigenvalue weighted by Gasteiger charge is 2.24. The molecule has 0 saturated carbocycles. The standard InChI is InChI=1S/C19H22O3.CO2/c1-11-9-15-16(17(13(11)3)19(4,5)6)18(21)14(10-22-15)8-7-12(2)20;2-1-3/h9-10,12,20H,1-6H3;. The Kier molecular flexibility index (Phi) is 6.47. The highest BCUT2D eigenvalue weighted by Crippen LogP contribution is 2.33. The van der Waals surface area contributed by atoms with Gasteiger partial charge in [-0.1, -0.05) is 32.6 Å². The van der Waals surface area contributed by atoms with Crippen LogP contribution in [-0.4, -0.2) is 17.4 Å². The van der Waals surface area contributed by atoms with Crippen molar-refractivity contribution in [3.8, 4) is 11.8 Å². The summed E-state index contributed by atoms with van der Waals surface area (Å²) in [6.07, 6.45) is 0.846. The molecular formula is C20H22O5. The van der Waals surface area contributed by atoms with Gasteiger partial charge in [-0.25, -0.2) is 0 Å². The molecule has 1 heterocycles. The minimum Gasteiger partial charge on any atom is -0.463 e. The van der Waals surface area contributed by atoms with Crippen LogP contribution in [0.1, 0.15) is 49.9 Å². The van der Waals surface area contributed by atoms with Crippen LogP contribution in [0.3, 0.4) is 0 Å². The highest BCUT2D eigenvalue weighted by atomic mass is 16.3. The average Bonchev–Trinajstić information content (AvgIpc) is 2.48. The quantitative estimate of drug-likeness (QED) is 0.744. The number of hydrogen-bond donors (Lipinski definition) is 1. The van der Waals surface area contributed by atoms with E-state index < -0.39 is 6.10 Å². The number of benzene rings is 1. The van der Waals surface area contributed by atoms with Gasteiger partial charge in [0.15, 0.2) is 0 Å². The van der Waals surface area contributed by atoms with Gasteiger partial charge in [0.25, 0.3) is 0 Å². The Bertz CT molecular complexity index is 925. The minimum absolute atomic E-state index is 0.137. The summed E-state index contributed by atoms with van der Waals surface area (Å²) >= 11 is 0. The zero-order chi connectivity index (χ0) is 19.4. The lowest BCUT2D eigenvalue weighted by Gasteiger charge is -2.24. The third kappa shape index (κ3) is 4.67. The maximum atomic E-state index is 12.8. The monoisotopic (exact) mass is 342 g/mol. The smallest absolute Gasteiger partial charge is 0.373 e. The SMILES string of the molecule is Cc1cc2occ(C#CC(C)O)c(=O)c2c(C(C)(C)C)c1C.O=C=O. The summed E-state index contributed by atoms with van der Waals surface area (Å²) in [5.74, 6) is 5.31. The van der Waals surface area contributed by atoms with Gasteiger partial charge in [0.05, 0.1) is 5.39 Å². The highest BCUT2D eigenvalue weighted by molar-refractivity contribution is 5.85. The van der Waals surface area contributed by atoms with Crippen molar-refractivity contribution in [2.45, 2.75) is 53.1 Å². The third-order valence-corrected chi connectivity index (χ3v) is 3.75. The second-order valence-corrected chi connectivity index (χ2v) is 6.82. The molecule has 0 spiro atoms. The van der Waals surface area contributed by atoms with Gasteiger partial charge in [0, 0.05) is 0 Å². The molecule has 0 aliphatic rings. The fourth-order valence-corrected chi connectivity index (χ4v) is 2.72. The molecule has 25 heavy (non-hydrogen) atoms. The molecule has 1 N–H and O–H groups in total. The summed E-state index contributed by atoms with van der Waals surface area (Å²) in [4.78, 5) is 29.1. The van der Waals surface area contributed by atoms with Gasteiger partial charge in [-0.15, -0.1) is 0 Å². The first kappa shape index (κ1) is 20.4. The van der Waals surface area contributed by atoms with Crippen LogP contribution in [0, 0.1) is 25.7 Å². The Morgan fingerprint density at radius 2 is 1.76 bits per heavy atom. The van der Waals surface area contributed by atoms with Crippen molar-refractivity contribution in [2.24, 2.45) is 0 Å². The van der Waals surface area contributed by atoms with Crippen LogP contribution >= 0.6 is 0 Å². The molecule has 132 valence electrons. The van der Waals surface area contributed by atoms with E-state index >= 15 is 0 Å². The number of carbonyl (C=O) groups excluding carboxylic acids is 2. The molecule has 2 aromatic rings. The summed E-state index contributed by atoms with van der Waals surface area (Å²) in [7, 11) is 0. The van der Waals surface area contributed by atoms with Crippen LogP contribution < -0.4 is 5.43 Å². The summed E-state index contributed by atoms with van der Waals surface area (Å²) in [6, 6.07) is 1.90. The van der Waals surface area contributed by atoms with Crippen LogP contribution in [0.4, 0.5) is 0 Å². The van der Waals surface area contributed by atoms with Crippen molar-refractivity contribution in [2.75, 3.05) is 0 Å². The van der Waals surface area contributed by atoms with Crippen LogP contribution in [-0.2, 0) is 15.0 Å². The second-order valence-electron chi connectivity index (χ2n) is 6.82. The van der Waals surface area contributed by atoms with Gasteiger partial charge in [-0.05, 0) is 48.9 Å². The van der Waals surface area contributed by atoms with E-state index in [1.165, 1.54) is 6.26 Å². The predicted octanol–water partition coefficient (Wildman–Crippen LogP) is 2.86. The molecule has 0 saturated heterocycles. The number of aliphatic hydroxyl groups excluding tert-OH is 1. The number of hydrogen-bond acceptors (Lipinski definition) is 5. The van der Waals surface area contributed by atoms with Gasteiger partial charge in [0.1, 0.15) is 23.5 Å². The zero-order valence-corrected chi connectivity index (χ0v) is 15.3. The van der Waals surface area contributed by atoms with Crippen molar-refractivity contribution in [3.05, 3.63) is 44.8 Å². The van der Waals surface area contributed by atoms with Crippen molar-refractivity contribution in [3.63, 3.8) is 0 Å². The Hall–Kier alpha value is -2.67. The molecule has 5 heteroatoms. The first-order valence-electron chi connectivity index (χ1n) is 7.79. The molecule has 0 fully saturated rings. The maximum absolute atomic E-state index is 12.8. The average molecular weight is 342 g/mol. The number of aryl methyl sites for hydroxylation is 1. The molecule has 0 aliphatic carbocycles. The van der Waals surface area contributed by atoms with Crippen LogP contribution in [0.5, 0.6) is 0 Å². The summed E-state index contributed by atoms with van der Waals surface area (Å²) in [5, 5.41) is 9.87. The topological polar surface area (TPSA) is 84.6 Å². The lowest BCUT2D eigenvalue weighted by Crippen LogP contribution is -2.19. The Morgan fingerprint density at radius 1 is 1.20 bits per heavy atom. The number of aliphatic hydroxyl groups is 1. The molecule has 0 bridgehead atoms. The van der Waals surface area contributed by atoms with E-state index in [4.69, 9.17) is 14.0 Å². The molecule has 5 nitrogen and oxygen atoms in total. The van der Waals surface area contributed by atoms with E-state index in [0.29, 0.717) is 11.0 Å². The first-order valence-corrected chi connectivity index (χ1v) is 7.79. The van der Waals surface area contributed by atoms with Crippen LogP contribution in [0.15, 0.2) is 21.5 Å². The number of fused-ring (bicyclic) bond motifs is 1. The van der Waals surface area contributed by atoms with Gasteiger partial charge < -0.3 is 9.52 Å². The van der Waals surface area contributed by atoms with E-state index in [2.05, 4.69) is 32.6 Å². The van der Waals surface area contributed by atoms with Crippen LogP contribution in [0.2, 0.25) is 0 Å². The molecule has 1 aromatic carbocycles. The van der Waals surface area contributed by atoms with Crippen molar-refractivity contribution < 1.29 is 19.1 Å². The van der Waals surface area contributed by atoms with Crippen molar-refractivity contribution in [1.29, 1.82) is 0 Å². The van der Waals surface area contributed by atoms with Gasteiger partial charge in [-0.2, -0.15) is 9.59 Å². The molecule has 1 aromatic heterocycles.